The largest absolute Gasteiger partial charge is 0.490 e. The van der Waals surface area contributed by atoms with Crippen molar-refractivity contribution in [3.8, 4) is 5.75 Å². The second-order valence-electron chi connectivity index (χ2n) is 6.19. The van der Waals surface area contributed by atoms with E-state index in [-0.39, 0.29) is 0 Å². The van der Waals surface area contributed by atoms with E-state index in [1.807, 2.05) is 0 Å². The van der Waals surface area contributed by atoms with Crippen LogP contribution in [0.3, 0.4) is 0 Å². The first kappa shape index (κ1) is 14.9. The second kappa shape index (κ2) is 7.28. The fourth-order valence-electron chi connectivity index (χ4n) is 3.37. The Morgan fingerprint density at radius 3 is 2.90 bits per heavy atom. The summed E-state index contributed by atoms with van der Waals surface area (Å²) < 4.78 is 11.6. The topological polar surface area (TPSA) is 30.5 Å². The highest BCUT2D eigenvalue weighted by Gasteiger charge is 2.21. The molecule has 21 heavy (non-hydrogen) atoms. The van der Waals surface area contributed by atoms with E-state index in [1.165, 1.54) is 36.8 Å². The average molecular weight is 289 g/mol. The minimum atomic E-state index is 0.322. The SMILES string of the molecule is CCCNC1CCCc2ccc(OC3CCOCC3)cc21. The smallest absolute Gasteiger partial charge is 0.120 e. The maximum absolute atomic E-state index is 6.17. The number of ether oxygens (including phenoxy) is 2. The van der Waals surface area contributed by atoms with Gasteiger partial charge in [-0.15, -0.1) is 0 Å². The fraction of sp³-hybridized carbons (Fsp3) is 0.667. The predicted octanol–water partition coefficient (Wildman–Crippen LogP) is 3.62. The summed E-state index contributed by atoms with van der Waals surface area (Å²) in [5.74, 6) is 1.03. The summed E-state index contributed by atoms with van der Waals surface area (Å²) >= 11 is 0. The van der Waals surface area contributed by atoms with Gasteiger partial charge in [0, 0.05) is 18.9 Å². The number of rotatable bonds is 5. The van der Waals surface area contributed by atoms with Crippen molar-refractivity contribution in [2.75, 3.05) is 19.8 Å². The third kappa shape index (κ3) is 3.78. The highest BCUT2D eigenvalue weighted by atomic mass is 16.5. The Bertz CT molecular complexity index is 455. The molecule has 0 bridgehead atoms. The van der Waals surface area contributed by atoms with Gasteiger partial charge < -0.3 is 14.8 Å². The monoisotopic (exact) mass is 289 g/mol. The maximum atomic E-state index is 6.17. The van der Waals surface area contributed by atoms with Gasteiger partial charge in [-0.3, -0.25) is 0 Å². The van der Waals surface area contributed by atoms with Gasteiger partial charge in [0.1, 0.15) is 11.9 Å². The van der Waals surface area contributed by atoms with Crippen LogP contribution in [0.5, 0.6) is 5.75 Å². The number of hydrogen-bond donors (Lipinski definition) is 1. The van der Waals surface area contributed by atoms with Crippen molar-refractivity contribution in [2.45, 2.75) is 57.6 Å². The Morgan fingerprint density at radius 2 is 2.10 bits per heavy atom. The number of hydrogen-bond acceptors (Lipinski definition) is 3. The molecule has 1 fully saturated rings. The van der Waals surface area contributed by atoms with Gasteiger partial charge in [-0.2, -0.15) is 0 Å². The quantitative estimate of drug-likeness (QED) is 0.898. The molecular formula is C18H27NO2. The Hall–Kier alpha value is -1.06. The molecule has 2 aliphatic rings. The Morgan fingerprint density at radius 1 is 1.24 bits per heavy atom. The zero-order valence-electron chi connectivity index (χ0n) is 13.1. The second-order valence-corrected chi connectivity index (χ2v) is 6.19. The van der Waals surface area contributed by atoms with Gasteiger partial charge in [0.2, 0.25) is 0 Å². The molecule has 0 radical (unpaired) electrons. The average Bonchev–Trinajstić information content (AvgIpc) is 2.54. The normalized spacial score (nSPS) is 22.8. The summed E-state index contributed by atoms with van der Waals surface area (Å²) in [4.78, 5) is 0. The van der Waals surface area contributed by atoms with Crippen molar-refractivity contribution in [1.82, 2.24) is 5.32 Å². The first-order valence-corrected chi connectivity index (χ1v) is 8.47. The van der Waals surface area contributed by atoms with Gasteiger partial charge in [-0.1, -0.05) is 13.0 Å². The van der Waals surface area contributed by atoms with Crippen molar-refractivity contribution in [3.05, 3.63) is 29.3 Å². The van der Waals surface area contributed by atoms with Crippen molar-refractivity contribution in [2.24, 2.45) is 0 Å². The molecule has 0 saturated carbocycles. The molecule has 3 nitrogen and oxygen atoms in total. The summed E-state index contributed by atoms with van der Waals surface area (Å²) in [6, 6.07) is 7.20. The van der Waals surface area contributed by atoms with E-state index in [1.54, 1.807) is 0 Å². The molecule has 3 rings (SSSR count). The van der Waals surface area contributed by atoms with Crippen molar-refractivity contribution >= 4 is 0 Å². The molecule has 0 aromatic heterocycles. The van der Waals surface area contributed by atoms with Crippen LogP contribution in [0.4, 0.5) is 0 Å². The van der Waals surface area contributed by atoms with E-state index in [0.717, 1.165) is 38.3 Å². The molecule has 1 aliphatic heterocycles. The van der Waals surface area contributed by atoms with Crippen molar-refractivity contribution in [1.29, 1.82) is 0 Å². The zero-order chi connectivity index (χ0) is 14.5. The highest BCUT2D eigenvalue weighted by Crippen LogP contribution is 2.33. The molecule has 0 spiro atoms. The summed E-state index contributed by atoms with van der Waals surface area (Å²) in [7, 11) is 0. The van der Waals surface area contributed by atoms with E-state index in [9.17, 15) is 0 Å². The third-order valence-corrected chi connectivity index (χ3v) is 4.54. The molecule has 1 aliphatic carbocycles. The van der Waals surface area contributed by atoms with Gasteiger partial charge in [0.15, 0.2) is 0 Å². The molecule has 1 saturated heterocycles. The molecule has 1 heterocycles. The Labute approximate surface area is 128 Å². The fourth-order valence-corrected chi connectivity index (χ4v) is 3.37. The molecule has 1 unspecified atom stereocenters. The van der Waals surface area contributed by atoms with Crippen LogP contribution in [0.15, 0.2) is 18.2 Å². The molecule has 0 amide bonds. The van der Waals surface area contributed by atoms with Crippen LogP contribution in [0, 0.1) is 0 Å². The minimum absolute atomic E-state index is 0.322. The standard InChI is InChI=1S/C18H27NO2/c1-2-10-19-18-5-3-4-14-6-7-16(13-17(14)18)21-15-8-11-20-12-9-15/h6-7,13,15,18-19H,2-5,8-12H2,1H3. The van der Waals surface area contributed by atoms with Crippen LogP contribution >= 0.6 is 0 Å². The van der Waals surface area contributed by atoms with E-state index in [2.05, 4.69) is 30.4 Å². The lowest BCUT2D eigenvalue weighted by molar-refractivity contribution is 0.0255. The van der Waals surface area contributed by atoms with Crippen LogP contribution < -0.4 is 10.1 Å². The van der Waals surface area contributed by atoms with Gasteiger partial charge in [0.05, 0.1) is 13.2 Å². The first-order chi connectivity index (χ1) is 10.4. The lowest BCUT2D eigenvalue weighted by Gasteiger charge is -2.28. The Balaban J connectivity index is 1.71. The van der Waals surface area contributed by atoms with Gasteiger partial charge in [0.25, 0.3) is 0 Å². The Kier molecular flexibility index (Phi) is 5.15. The van der Waals surface area contributed by atoms with Gasteiger partial charge >= 0.3 is 0 Å². The van der Waals surface area contributed by atoms with Crippen LogP contribution in [-0.2, 0) is 11.2 Å². The molecule has 1 N–H and O–H groups in total. The van der Waals surface area contributed by atoms with Gasteiger partial charge in [-0.05, 0) is 55.5 Å². The van der Waals surface area contributed by atoms with Gasteiger partial charge in [-0.25, -0.2) is 0 Å². The third-order valence-electron chi connectivity index (χ3n) is 4.54. The number of aryl methyl sites for hydroxylation is 1. The van der Waals surface area contributed by atoms with Crippen LogP contribution in [-0.4, -0.2) is 25.9 Å². The summed E-state index contributed by atoms with van der Waals surface area (Å²) in [5, 5.41) is 3.68. The molecular weight excluding hydrogens is 262 g/mol. The van der Waals surface area contributed by atoms with Crippen LogP contribution in [0.25, 0.3) is 0 Å². The predicted molar refractivity (Wildman–Crippen MR) is 84.9 cm³/mol. The zero-order valence-corrected chi connectivity index (χ0v) is 13.1. The molecule has 1 aromatic rings. The lowest BCUT2D eigenvalue weighted by atomic mass is 9.87. The summed E-state index contributed by atoms with van der Waals surface area (Å²) in [5.41, 5.74) is 2.95. The van der Waals surface area contributed by atoms with Crippen molar-refractivity contribution in [3.63, 3.8) is 0 Å². The molecule has 3 heteroatoms. The summed E-state index contributed by atoms with van der Waals surface area (Å²) in [6.45, 7) is 4.98. The number of benzene rings is 1. The molecule has 1 aromatic carbocycles. The first-order valence-electron chi connectivity index (χ1n) is 8.47. The van der Waals surface area contributed by atoms with E-state index in [4.69, 9.17) is 9.47 Å². The van der Waals surface area contributed by atoms with E-state index < -0.39 is 0 Å². The number of nitrogens with one attached hydrogen (secondary N) is 1. The van der Waals surface area contributed by atoms with Crippen LogP contribution in [0.1, 0.15) is 56.2 Å². The lowest BCUT2D eigenvalue weighted by Crippen LogP contribution is -2.27. The van der Waals surface area contributed by atoms with Crippen molar-refractivity contribution < 1.29 is 9.47 Å². The highest BCUT2D eigenvalue weighted by molar-refractivity contribution is 5.39. The van der Waals surface area contributed by atoms with E-state index in [0.29, 0.717) is 12.1 Å². The number of fused-ring (bicyclic) bond motifs is 1. The molecule has 116 valence electrons. The van der Waals surface area contributed by atoms with Crippen LogP contribution in [0.2, 0.25) is 0 Å². The molecule has 1 atom stereocenters. The maximum Gasteiger partial charge on any atom is 0.120 e. The summed E-state index contributed by atoms with van der Waals surface area (Å²) in [6.07, 6.45) is 7.26. The minimum Gasteiger partial charge on any atom is -0.490 e. The van der Waals surface area contributed by atoms with E-state index >= 15 is 0 Å².